The minimum Gasteiger partial charge on any atom is -0.368 e. The molecule has 0 aliphatic heterocycles. The Bertz CT molecular complexity index is 956. The summed E-state index contributed by atoms with van der Waals surface area (Å²) in [5.74, 6) is 0.851. The van der Waals surface area contributed by atoms with Crippen molar-refractivity contribution in [2.24, 2.45) is 5.73 Å². The Hall–Kier alpha value is -1.97. The standard InChI is InChI=1S/C14H12ClN5O2S2/c15-13-10(18-19-24-13)6-23-7-12-17-9-4-2-1-3-8(9)14(22)20(12)5-11(16)21/h1-4H,5-7H2,(H2,16,21). The summed E-state index contributed by atoms with van der Waals surface area (Å²) in [4.78, 5) is 28.4. The number of hydrogen-bond acceptors (Lipinski definition) is 7. The van der Waals surface area contributed by atoms with Gasteiger partial charge in [-0.2, -0.15) is 0 Å². The summed E-state index contributed by atoms with van der Waals surface area (Å²) >= 11 is 8.58. The van der Waals surface area contributed by atoms with Crippen LogP contribution in [0.3, 0.4) is 0 Å². The van der Waals surface area contributed by atoms with Crippen molar-refractivity contribution in [3.05, 3.63) is 50.5 Å². The van der Waals surface area contributed by atoms with E-state index in [0.29, 0.717) is 38.3 Å². The Morgan fingerprint density at radius 3 is 2.83 bits per heavy atom. The van der Waals surface area contributed by atoms with Crippen LogP contribution in [0.1, 0.15) is 11.5 Å². The van der Waals surface area contributed by atoms with Gasteiger partial charge in [-0.3, -0.25) is 14.2 Å². The Balaban J connectivity index is 1.91. The van der Waals surface area contributed by atoms with Crippen molar-refractivity contribution in [2.45, 2.75) is 18.1 Å². The third kappa shape index (κ3) is 3.58. The fourth-order valence-electron chi connectivity index (χ4n) is 2.17. The van der Waals surface area contributed by atoms with Gasteiger partial charge in [0.1, 0.15) is 22.4 Å². The summed E-state index contributed by atoms with van der Waals surface area (Å²) in [5, 5.41) is 4.40. The van der Waals surface area contributed by atoms with Crippen LogP contribution in [0.15, 0.2) is 29.1 Å². The number of primary amides is 1. The van der Waals surface area contributed by atoms with Crippen LogP contribution in [-0.4, -0.2) is 25.0 Å². The van der Waals surface area contributed by atoms with E-state index in [1.54, 1.807) is 18.2 Å². The Morgan fingerprint density at radius 2 is 2.12 bits per heavy atom. The van der Waals surface area contributed by atoms with Crippen LogP contribution in [0, 0.1) is 0 Å². The maximum atomic E-state index is 12.6. The molecule has 2 heterocycles. The highest BCUT2D eigenvalue weighted by atomic mass is 35.5. The van der Waals surface area contributed by atoms with Gasteiger partial charge in [-0.25, -0.2) is 4.98 Å². The van der Waals surface area contributed by atoms with E-state index in [0.717, 1.165) is 11.5 Å². The Labute approximate surface area is 150 Å². The number of amides is 1. The van der Waals surface area contributed by atoms with Crippen LogP contribution in [-0.2, 0) is 22.8 Å². The lowest BCUT2D eigenvalue weighted by atomic mass is 10.2. The molecule has 124 valence electrons. The van der Waals surface area contributed by atoms with Gasteiger partial charge in [0.2, 0.25) is 5.91 Å². The zero-order valence-electron chi connectivity index (χ0n) is 12.3. The molecule has 1 aromatic carbocycles. The third-order valence-electron chi connectivity index (χ3n) is 3.23. The van der Waals surface area contributed by atoms with Gasteiger partial charge in [-0.1, -0.05) is 28.2 Å². The van der Waals surface area contributed by atoms with Crippen molar-refractivity contribution in [2.75, 3.05) is 0 Å². The van der Waals surface area contributed by atoms with Crippen LogP contribution in [0.2, 0.25) is 4.34 Å². The van der Waals surface area contributed by atoms with Crippen molar-refractivity contribution in [1.29, 1.82) is 0 Å². The van der Waals surface area contributed by atoms with Crippen molar-refractivity contribution in [1.82, 2.24) is 19.1 Å². The van der Waals surface area contributed by atoms with Gasteiger partial charge in [0.15, 0.2) is 0 Å². The topological polar surface area (TPSA) is 104 Å². The minimum absolute atomic E-state index is 0.203. The lowest BCUT2D eigenvalue weighted by Gasteiger charge is -2.11. The second-order valence-electron chi connectivity index (χ2n) is 4.89. The fourth-order valence-corrected chi connectivity index (χ4v) is 3.86. The predicted molar refractivity (Wildman–Crippen MR) is 95.1 cm³/mol. The maximum Gasteiger partial charge on any atom is 0.261 e. The molecule has 0 fully saturated rings. The molecule has 0 radical (unpaired) electrons. The summed E-state index contributed by atoms with van der Waals surface area (Å²) in [6.45, 7) is -0.203. The summed E-state index contributed by atoms with van der Waals surface area (Å²) in [5.41, 5.74) is 6.27. The Morgan fingerprint density at radius 1 is 1.33 bits per heavy atom. The molecular formula is C14H12ClN5O2S2. The monoisotopic (exact) mass is 381 g/mol. The number of hydrogen-bond donors (Lipinski definition) is 1. The summed E-state index contributed by atoms with van der Waals surface area (Å²) in [7, 11) is 0. The van der Waals surface area contributed by atoms with Crippen molar-refractivity contribution in [3.8, 4) is 0 Å². The average Bonchev–Trinajstić information content (AvgIpc) is 2.96. The first-order valence-electron chi connectivity index (χ1n) is 6.87. The average molecular weight is 382 g/mol. The van der Waals surface area contributed by atoms with Gasteiger partial charge in [0, 0.05) is 17.3 Å². The normalized spacial score (nSPS) is 11.0. The number of rotatable bonds is 6. The number of para-hydroxylation sites is 1. The predicted octanol–water partition coefficient (Wildman–Crippen LogP) is 1.82. The van der Waals surface area contributed by atoms with Gasteiger partial charge < -0.3 is 5.73 Å². The molecular weight excluding hydrogens is 370 g/mol. The van der Waals surface area contributed by atoms with Crippen LogP contribution in [0.25, 0.3) is 10.9 Å². The third-order valence-corrected chi connectivity index (χ3v) is 5.16. The van der Waals surface area contributed by atoms with E-state index in [1.165, 1.54) is 16.3 Å². The molecule has 0 aliphatic carbocycles. The maximum absolute atomic E-state index is 12.6. The van der Waals surface area contributed by atoms with Crippen LogP contribution in [0.5, 0.6) is 0 Å². The molecule has 3 rings (SSSR count). The number of aromatic nitrogens is 4. The number of benzene rings is 1. The van der Waals surface area contributed by atoms with Crippen LogP contribution in [0.4, 0.5) is 0 Å². The van der Waals surface area contributed by atoms with E-state index in [9.17, 15) is 9.59 Å². The number of halogens is 1. The number of nitrogens with zero attached hydrogens (tertiary/aromatic N) is 4. The number of carbonyl (C=O) groups excluding carboxylic acids is 1. The molecule has 10 heteroatoms. The van der Waals surface area contributed by atoms with E-state index < -0.39 is 5.91 Å². The molecule has 0 aliphatic rings. The molecule has 1 amide bonds. The summed E-state index contributed by atoms with van der Waals surface area (Å²) in [6, 6.07) is 7.01. The molecule has 0 atom stereocenters. The first-order valence-corrected chi connectivity index (χ1v) is 9.18. The highest BCUT2D eigenvalue weighted by Gasteiger charge is 2.13. The van der Waals surface area contributed by atoms with Crippen molar-refractivity contribution < 1.29 is 4.79 Å². The summed E-state index contributed by atoms with van der Waals surface area (Å²) in [6.07, 6.45) is 0. The minimum atomic E-state index is -0.591. The first kappa shape index (κ1) is 16.9. The van der Waals surface area contributed by atoms with Gasteiger partial charge >= 0.3 is 0 Å². The number of nitrogens with two attached hydrogens (primary N) is 1. The van der Waals surface area contributed by atoms with E-state index >= 15 is 0 Å². The second kappa shape index (κ2) is 7.29. The highest BCUT2D eigenvalue weighted by Crippen LogP contribution is 2.23. The quantitative estimate of drug-likeness (QED) is 0.698. The SMILES string of the molecule is NC(=O)Cn1c(CSCc2nnsc2Cl)nc2ccccc2c1=O. The fraction of sp³-hybridized carbons (Fsp3) is 0.214. The summed E-state index contributed by atoms with van der Waals surface area (Å²) < 4.78 is 5.64. The number of thioether (sulfide) groups is 1. The molecule has 0 unspecified atom stereocenters. The van der Waals surface area contributed by atoms with Gasteiger partial charge in [-0.15, -0.1) is 16.9 Å². The lowest BCUT2D eigenvalue weighted by Crippen LogP contribution is -2.31. The van der Waals surface area contributed by atoms with Crippen LogP contribution >= 0.6 is 34.9 Å². The smallest absolute Gasteiger partial charge is 0.261 e. The zero-order valence-corrected chi connectivity index (χ0v) is 14.7. The molecule has 0 saturated carbocycles. The molecule has 24 heavy (non-hydrogen) atoms. The zero-order chi connectivity index (χ0) is 17.1. The Kier molecular flexibility index (Phi) is 5.12. The largest absolute Gasteiger partial charge is 0.368 e. The first-order chi connectivity index (χ1) is 11.6. The molecule has 2 N–H and O–H groups in total. The van der Waals surface area contributed by atoms with Crippen molar-refractivity contribution >= 4 is 51.7 Å². The van der Waals surface area contributed by atoms with E-state index in [-0.39, 0.29) is 12.1 Å². The van der Waals surface area contributed by atoms with Crippen LogP contribution < -0.4 is 11.3 Å². The molecule has 7 nitrogen and oxygen atoms in total. The van der Waals surface area contributed by atoms with Crippen molar-refractivity contribution in [3.63, 3.8) is 0 Å². The molecule has 2 aromatic heterocycles. The van der Waals surface area contributed by atoms with Gasteiger partial charge in [0.25, 0.3) is 5.56 Å². The van der Waals surface area contributed by atoms with Gasteiger partial charge in [-0.05, 0) is 12.1 Å². The molecule has 3 aromatic rings. The van der Waals surface area contributed by atoms with E-state index in [1.807, 2.05) is 6.07 Å². The van der Waals surface area contributed by atoms with Gasteiger partial charge in [0.05, 0.1) is 16.7 Å². The number of fused-ring (bicyclic) bond motifs is 1. The molecule has 0 saturated heterocycles. The lowest BCUT2D eigenvalue weighted by molar-refractivity contribution is -0.118. The molecule has 0 bridgehead atoms. The highest BCUT2D eigenvalue weighted by molar-refractivity contribution is 7.97. The number of carbonyl (C=O) groups is 1. The van der Waals surface area contributed by atoms with E-state index in [2.05, 4.69) is 14.6 Å². The second-order valence-corrected chi connectivity index (χ2v) is 7.23. The molecule has 0 spiro atoms. The van der Waals surface area contributed by atoms with E-state index in [4.69, 9.17) is 17.3 Å².